The molecule has 6 heteroatoms. The van der Waals surface area contributed by atoms with Gasteiger partial charge in [0.25, 0.3) is 0 Å². The molecule has 1 aromatic carbocycles. The highest BCUT2D eigenvalue weighted by Crippen LogP contribution is 2.28. The molecule has 0 saturated heterocycles. The standard InChI is InChI=1S/C15H19ClFN3O/c1-9-11(15(16)20(3)19-9)8-13(18-2)10-5-6-12(17)14(7-10)21-4/h5-7,13,18H,8H2,1-4H3. The summed E-state index contributed by atoms with van der Waals surface area (Å²) in [4.78, 5) is 0. The van der Waals surface area contributed by atoms with Gasteiger partial charge < -0.3 is 10.1 Å². The van der Waals surface area contributed by atoms with E-state index in [-0.39, 0.29) is 17.6 Å². The normalized spacial score (nSPS) is 12.5. The molecule has 0 amide bonds. The zero-order valence-corrected chi connectivity index (χ0v) is 13.3. The van der Waals surface area contributed by atoms with Crippen LogP contribution in [0.15, 0.2) is 18.2 Å². The second-order valence-electron chi connectivity index (χ2n) is 4.92. The topological polar surface area (TPSA) is 39.1 Å². The molecular weight excluding hydrogens is 293 g/mol. The summed E-state index contributed by atoms with van der Waals surface area (Å²) < 4.78 is 20.2. The Balaban J connectivity index is 2.32. The monoisotopic (exact) mass is 311 g/mol. The molecule has 114 valence electrons. The molecule has 1 atom stereocenters. The minimum absolute atomic E-state index is 0.0000926. The molecule has 1 unspecified atom stereocenters. The molecule has 21 heavy (non-hydrogen) atoms. The summed E-state index contributed by atoms with van der Waals surface area (Å²) in [5, 5.41) is 8.17. The number of hydrogen-bond acceptors (Lipinski definition) is 3. The third kappa shape index (κ3) is 3.19. The van der Waals surface area contributed by atoms with E-state index >= 15 is 0 Å². The molecule has 0 radical (unpaired) electrons. The summed E-state index contributed by atoms with van der Waals surface area (Å²) in [6.45, 7) is 1.93. The van der Waals surface area contributed by atoms with Crippen LogP contribution in [0.25, 0.3) is 0 Å². The number of ether oxygens (including phenoxy) is 1. The minimum Gasteiger partial charge on any atom is -0.494 e. The molecular formula is C15H19ClFN3O. The average Bonchev–Trinajstić information content (AvgIpc) is 2.71. The maximum Gasteiger partial charge on any atom is 0.165 e. The number of benzene rings is 1. The molecule has 0 aliphatic carbocycles. The second-order valence-corrected chi connectivity index (χ2v) is 5.28. The molecule has 0 aliphatic heterocycles. The number of nitrogens with one attached hydrogen (secondary N) is 1. The molecule has 0 bridgehead atoms. The predicted molar refractivity (Wildman–Crippen MR) is 81.4 cm³/mol. The van der Waals surface area contributed by atoms with Crippen LogP contribution in [0, 0.1) is 12.7 Å². The second kappa shape index (κ2) is 6.45. The lowest BCUT2D eigenvalue weighted by molar-refractivity contribution is 0.385. The van der Waals surface area contributed by atoms with Gasteiger partial charge in [-0.1, -0.05) is 17.7 Å². The molecule has 0 fully saturated rings. The van der Waals surface area contributed by atoms with Crippen LogP contribution in [0.4, 0.5) is 4.39 Å². The third-order valence-corrected chi connectivity index (χ3v) is 4.08. The molecule has 0 aliphatic rings. The van der Waals surface area contributed by atoms with Gasteiger partial charge in [-0.3, -0.25) is 4.68 Å². The van der Waals surface area contributed by atoms with Crippen molar-refractivity contribution >= 4 is 11.6 Å². The Bertz CT molecular complexity index is 642. The first-order valence-corrected chi connectivity index (χ1v) is 7.04. The Morgan fingerprint density at radius 3 is 2.71 bits per heavy atom. The molecule has 4 nitrogen and oxygen atoms in total. The van der Waals surface area contributed by atoms with Gasteiger partial charge in [-0.05, 0) is 38.1 Å². The Kier molecular flexibility index (Phi) is 4.85. The zero-order chi connectivity index (χ0) is 15.6. The van der Waals surface area contributed by atoms with Crippen molar-refractivity contribution in [2.75, 3.05) is 14.2 Å². The first-order valence-electron chi connectivity index (χ1n) is 6.66. The Hall–Kier alpha value is -1.59. The fourth-order valence-corrected chi connectivity index (χ4v) is 2.64. The van der Waals surface area contributed by atoms with Crippen molar-refractivity contribution in [1.29, 1.82) is 0 Å². The molecule has 0 saturated carbocycles. The van der Waals surface area contributed by atoms with Crippen molar-refractivity contribution in [3.63, 3.8) is 0 Å². The summed E-state index contributed by atoms with van der Waals surface area (Å²) in [6.07, 6.45) is 0.670. The van der Waals surface area contributed by atoms with E-state index in [9.17, 15) is 4.39 Å². The molecule has 0 spiro atoms. The Morgan fingerprint density at radius 2 is 2.19 bits per heavy atom. The Labute approximate surface area is 128 Å². The summed E-state index contributed by atoms with van der Waals surface area (Å²) in [6, 6.07) is 4.87. The van der Waals surface area contributed by atoms with Gasteiger partial charge in [0.15, 0.2) is 11.6 Å². The number of rotatable bonds is 5. The fraction of sp³-hybridized carbons (Fsp3) is 0.400. The van der Waals surface area contributed by atoms with Crippen LogP contribution in [-0.4, -0.2) is 23.9 Å². The number of nitrogens with zero attached hydrogens (tertiary/aromatic N) is 2. The lowest BCUT2D eigenvalue weighted by Gasteiger charge is -2.17. The van der Waals surface area contributed by atoms with Gasteiger partial charge in [0.1, 0.15) is 5.15 Å². The van der Waals surface area contributed by atoms with Crippen molar-refractivity contribution in [1.82, 2.24) is 15.1 Å². The van der Waals surface area contributed by atoms with Crippen LogP contribution < -0.4 is 10.1 Å². The fourth-order valence-electron chi connectivity index (χ4n) is 2.39. The van der Waals surface area contributed by atoms with E-state index in [2.05, 4.69) is 10.4 Å². The molecule has 1 N–H and O–H groups in total. The summed E-state index contributed by atoms with van der Waals surface area (Å²) >= 11 is 6.27. The molecule has 2 aromatic rings. The summed E-state index contributed by atoms with van der Waals surface area (Å²) in [7, 11) is 5.13. The maximum atomic E-state index is 13.5. The lowest BCUT2D eigenvalue weighted by atomic mass is 9.99. The zero-order valence-electron chi connectivity index (χ0n) is 12.6. The summed E-state index contributed by atoms with van der Waals surface area (Å²) in [5.74, 6) is -0.131. The van der Waals surface area contributed by atoms with Gasteiger partial charge in [-0.15, -0.1) is 0 Å². The predicted octanol–water partition coefficient (Wildman–Crippen LogP) is 3.03. The van der Waals surface area contributed by atoms with Crippen molar-refractivity contribution in [2.45, 2.75) is 19.4 Å². The van der Waals surface area contributed by atoms with Crippen molar-refractivity contribution in [3.05, 3.63) is 46.0 Å². The van der Waals surface area contributed by atoms with E-state index in [1.54, 1.807) is 16.8 Å². The van der Waals surface area contributed by atoms with Crippen LogP contribution in [0.2, 0.25) is 5.15 Å². The third-order valence-electron chi connectivity index (χ3n) is 3.60. The number of aryl methyl sites for hydroxylation is 2. The lowest BCUT2D eigenvalue weighted by Crippen LogP contribution is -2.19. The first kappa shape index (κ1) is 15.8. The largest absolute Gasteiger partial charge is 0.494 e. The quantitative estimate of drug-likeness (QED) is 0.922. The van der Waals surface area contributed by atoms with Crippen LogP contribution >= 0.6 is 11.6 Å². The van der Waals surface area contributed by atoms with Crippen molar-refractivity contribution in [2.24, 2.45) is 7.05 Å². The van der Waals surface area contributed by atoms with Gasteiger partial charge in [-0.2, -0.15) is 5.10 Å². The van der Waals surface area contributed by atoms with E-state index in [0.29, 0.717) is 11.6 Å². The molecule has 1 heterocycles. The number of halogens is 2. The van der Waals surface area contributed by atoms with Crippen LogP contribution in [0.5, 0.6) is 5.75 Å². The highest BCUT2D eigenvalue weighted by Gasteiger charge is 2.18. The number of likely N-dealkylation sites (N-methyl/N-ethyl adjacent to an activating group) is 1. The van der Waals surface area contributed by atoms with Gasteiger partial charge in [-0.25, -0.2) is 4.39 Å². The van der Waals surface area contributed by atoms with Crippen LogP contribution in [-0.2, 0) is 13.5 Å². The smallest absolute Gasteiger partial charge is 0.165 e. The Morgan fingerprint density at radius 1 is 1.48 bits per heavy atom. The average molecular weight is 312 g/mol. The van der Waals surface area contributed by atoms with Crippen LogP contribution in [0.1, 0.15) is 22.9 Å². The van der Waals surface area contributed by atoms with Crippen molar-refractivity contribution in [3.8, 4) is 5.75 Å². The van der Waals surface area contributed by atoms with E-state index in [1.165, 1.54) is 13.2 Å². The van der Waals surface area contributed by atoms with E-state index in [0.717, 1.165) is 16.8 Å². The molecule has 2 rings (SSSR count). The number of methoxy groups -OCH3 is 1. The number of aromatic nitrogens is 2. The van der Waals surface area contributed by atoms with E-state index < -0.39 is 0 Å². The molecule has 1 aromatic heterocycles. The van der Waals surface area contributed by atoms with Gasteiger partial charge in [0.2, 0.25) is 0 Å². The highest BCUT2D eigenvalue weighted by atomic mass is 35.5. The minimum atomic E-state index is -0.369. The SMILES string of the molecule is CNC(Cc1c(C)nn(C)c1Cl)c1ccc(F)c(OC)c1. The van der Waals surface area contributed by atoms with Gasteiger partial charge in [0, 0.05) is 18.7 Å². The van der Waals surface area contributed by atoms with Crippen LogP contribution in [0.3, 0.4) is 0 Å². The maximum absolute atomic E-state index is 13.5. The van der Waals surface area contributed by atoms with E-state index in [4.69, 9.17) is 16.3 Å². The van der Waals surface area contributed by atoms with Gasteiger partial charge in [0.05, 0.1) is 12.8 Å². The highest BCUT2D eigenvalue weighted by molar-refractivity contribution is 6.30. The summed E-state index contributed by atoms with van der Waals surface area (Å²) in [5.41, 5.74) is 2.83. The van der Waals surface area contributed by atoms with E-state index in [1.807, 2.05) is 21.0 Å². The van der Waals surface area contributed by atoms with Gasteiger partial charge >= 0.3 is 0 Å². The van der Waals surface area contributed by atoms with Crippen molar-refractivity contribution < 1.29 is 9.13 Å². The first-order chi connectivity index (χ1) is 9.97. The number of hydrogen-bond donors (Lipinski definition) is 1.